The molecular formula is C7H10N4. The normalized spacial score (nSPS) is 9.00. The smallest absolute Gasteiger partial charge is 0.176 e. The van der Waals surface area contributed by atoms with Crippen LogP contribution in [0.2, 0.25) is 0 Å². The van der Waals surface area contributed by atoms with Crippen LogP contribution in [0.1, 0.15) is 12.2 Å². The van der Waals surface area contributed by atoms with Gasteiger partial charge in [0.25, 0.3) is 0 Å². The van der Waals surface area contributed by atoms with Gasteiger partial charge < -0.3 is 10.3 Å². The summed E-state index contributed by atoms with van der Waals surface area (Å²) in [6.07, 6.45) is 7.22. The highest BCUT2D eigenvalue weighted by Gasteiger charge is 1.92. The number of aromatic nitrogens is 2. The van der Waals surface area contributed by atoms with Gasteiger partial charge in [0.05, 0.1) is 0 Å². The van der Waals surface area contributed by atoms with Crippen LogP contribution in [0.15, 0.2) is 12.4 Å². The first kappa shape index (κ1) is 7.61. The molecule has 0 fully saturated rings. The van der Waals surface area contributed by atoms with E-state index in [9.17, 15) is 0 Å². The third-order valence-electron chi connectivity index (χ3n) is 1.35. The average molecular weight is 150 g/mol. The van der Waals surface area contributed by atoms with Crippen molar-refractivity contribution in [3.05, 3.63) is 18.2 Å². The topological polar surface area (TPSA) is 64.5 Å². The SMILES string of the molecule is N#CNCCCc1ncc[nH]1. The van der Waals surface area contributed by atoms with Crippen LogP contribution in [0.25, 0.3) is 0 Å². The van der Waals surface area contributed by atoms with E-state index < -0.39 is 0 Å². The second kappa shape index (κ2) is 4.34. The van der Waals surface area contributed by atoms with Crippen LogP contribution >= 0.6 is 0 Å². The number of nitriles is 1. The average Bonchev–Trinajstić information content (AvgIpc) is 2.50. The zero-order valence-corrected chi connectivity index (χ0v) is 6.17. The Kier molecular flexibility index (Phi) is 3.00. The quantitative estimate of drug-likeness (QED) is 0.371. The van der Waals surface area contributed by atoms with Crippen LogP contribution in [0, 0.1) is 11.5 Å². The Labute approximate surface area is 65.3 Å². The van der Waals surface area contributed by atoms with E-state index in [0.717, 1.165) is 25.2 Å². The molecule has 0 aliphatic carbocycles. The van der Waals surface area contributed by atoms with Gasteiger partial charge in [0.15, 0.2) is 6.19 Å². The number of aromatic amines is 1. The molecule has 0 saturated heterocycles. The van der Waals surface area contributed by atoms with Crippen molar-refractivity contribution < 1.29 is 0 Å². The molecule has 4 heteroatoms. The lowest BCUT2D eigenvalue weighted by Gasteiger charge is -1.94. The van der Waals surface area contributed by atoms with E-state index in [1.54, 1.807) is 12.4 Å². The van der Waals surface area contributed by atoms with Crippen LogP contribution in [0.3, 0.4) is 0 Å². The Morgan fingerprint density at radius 3 is 3.27 bits per heavy atom. The van der Waals surface area contributed by atoms with Crippen molar-refractivity contribution in [3.8, 4) is 6.19 Å². The molecule has 1 rings (SSSR count). The molecule has 0 saturated carbocycles. The molecule has 11 heavy (non-hydrogen) atoms. The molecule has 0 aromatic carbocycles. The van der Waals surface area contributed by atoms with Crippen molar-refractivity contribution in [1.82, 2.24) is 15.3 Å². The lowest BCUT2D eigenvalue weighted by molar-refractivity contribution is 0.737. The van der Waals surface area contributed by atoms with Gasteiger partial charge in [-0.2, -0.15) is 5.26 Å². The summed E-state index contributed by atoms with van der Waals surface area (Å²) in [7, 11) is 0. The molecule has 0 aliphatic rings. The molecule has 1 heterocycles. The molecule has 0 aliphatic heterocycles. The van der Waals surface area contributed by atoms with Gasteiger partial charge in [0.1, 0.15) is 5.82 Å². The Balaban J connectivity index is 2.10. The van der Waals surface area contributed by atoms with Crippen molar-refractivity contribution in [1.29, 1.82) is 5.26 Å². The number of hydrogen-bond donors (Lipinski definition) is 2. The molecule has 0 amide bonds. The second-order valence-electron chi connectivity index (χ2n) is 2.18. The van der Waals surface area contributed by atoms with Crippen LogP contribution in [0.4, 0.5) is 0 Å². The maximum atomic E-state index is 8.14. The molecule has 2 N–H and O–H groups in total. The number of nitrogens with zero attached hydrogens (tertiary/aromatic N) is 2. The first-order valence-corrected chi connectivity index (χ1v) is 3.53. The lowest BCUT2D eigenvalue weighted by Crippen LogP contribution is -2.08. The summed E-state index contributed by atoms with van der Waals surface area (Å²) in [5.41, 5.74) is 0. The van der Waals surface area contributed by atoms with Crippen molar-refractivity contribution >= 4 is 0 Å². The van der Waals surface area contributed by atoms with Gasteiger partial charge in [-0.15, -0.1) is 0 Å². The Hall–Kier alpha value is -1.50. The Bertz CT molecular complexity index is 221. The Morgan fingerprint density at radius 1 is 1.73 bits per heavy atom. The number of nitrogens with one attached hydrogen (secondary N) is 2. The third-order valence-corrected chi connectivity index (χ3v) is 1.35. The number of rotatable bonds is 4. The van der Waals surface area contributed by atoms with Crippen LogP contribution < -0.4 is 5.32 Å². The second-order valence-corrected chi connectivity index (χ2v) is 2.18. The van der Waals surface area contributed by atoms with Gasteiger partial charge in [-0.05, 0) is 6.42 Å². The zero-order valence-electron chi connectivity index (χ0n) is 6.17. The number of H-pyrrole nitrogens is 1. The molecule has 0 spiro atoms. The molecule has 0 bridgehead atoms. The summed E-state index contributed by atoms with van der Waals surface area (Å²) in [6, 6.07) is 0. The molecule has 0 radical (unpaired) electrons. The fourth-order valence-corrected chi connectivity index (χ4v) is 0.835. The first-order valence-electron chi connectivity index (χ1n) is 3.53. The highest BCUT2D eigenvalue weighted by molar-refractivity contribution is 4.86. The summed E-state index contributed by atoms with van der Waals surface area (Å²) < 4.78 is 0. The molecule has 0 unspecified atom stereocenters. The molecule has 4 nitrogen and oxygen atoms in total. The van der Waals surface area contributed by atoms with Crippen LogP contribution in [-0.2, 0) is 6.42 Å². The van der Waals surface area contributed by atoms with E-state index in [2.05, 4.69) is 15.3 Å². The number of aryl methyl sites for hydroxylation is 1. The molecule has 1 aromatic rings. The minimum atomic E-state index is 0.719. The molecule has 0 atom stereocenters. The predicted octanol–water partition coefficient (Wildman–Crippen LogP) is 0.413. The van der Waals surface area contributed by atoms with Crippen molar-refractivity contribution in [2.75, 3.05) is 6.54 Å². The first-order chi connectivity index (χ1) is 5.43. The zero-order chi connectivity index (χ0) is 7.94. The molecular weight excluding hydrogens is 140 g/mol. The predicted molar refractivity (Wildman–Crippen MR) is 40.5 cm³/mol. The van der Waals surface area contributed by atoms with Crippen molar-refractivity contribution in [3.63, 3.8) is 0 Å². The maximum absolute atomic E-state index is 8.14. The number of hydrogen-bond acceptors (Lipinski definition) is 3. The summed E-state index contributed by atoms with van der Waals surface area (Å²) in [4.78, 5) is 7.04. The minimum absolute atomic E-state index is 0.719. The van der Waals surface area contributed by atoms with Gasteiger partial charge in [-0.1, -0.05) is 0 Å². The fourth-order valence-electron chi connectivity index (χ4n) is 0.835. The standard InChI is InChI=1S/C7H10N4/c8-6-9-3-1-2-7-10-4-5-11-7/h4-5,9H,1-3H2,(H,10,11). The van der Waals surface area contributed by atoms with E-state index in [4.69, 9.17) is 5.26 Å². The van der Waals surface area contributed by atoms with Gasteiger partial charge in [0, 0.05) is 25.4 Å². The van der Waals surface area contributed by atoms with Gasteiger partial charge in [0.2, 0.25) is 0 Å². The highest BCUT2D eigenvalue weighted by Crippen LogP contribution is 1.92. The monoisotopic (exact) mass is 150 g/mol. The third kappa shape index (κ3) is 2.72. The van der Waals surface area contributed by atoms with Gasteiger partial charge in [-0.3, -0.25) is 0 Å². The van der Waals surface area contributed by atoms with E-state index in [1.807, 2.05) is 6.19 Å². The van der Waals surface area contributed by atoms with E-state index in [1.165, 1.54) is 0 Å². The summed E-state index contributed by atoms with van der Waals surface area (Å²) in [5, 5.41) is 10.7. The summed E-state index contributed by atoms with van der Waals surface area (Å²) >= 11 is 0. The number of imidazole rings is 1. The largest absolute Gasteiger partial charge is 0.349 e. The van der Waals surface area contributed by atoms with Crippen LogP contribution in [0.5, 0.6) is 0 Å². The van der Waals surface area contributed by atoms with Crippen molar-refractivity contribution in [2.45, 2.75) is 12.8 Å². The molecule has 58 valence electrons. The maximum Gasteiger partial charge on any atom is 0.176 e. The Morgan fingerprint density at radius 2 is 2.64 bits per heavy atom. The summed E-state index contributed by atoms with van der Waals surface area (Å²) in [5.74, 6) is 0.977. The van der Waals surface area contributed by atoms with E-state index in [0.29, 0.717) is 0 Å². The summed E-state index contributed by atoms with van der Waals surface area (Å²) in [6.45, 7) is 0.719. The fraction of sp³-hybridized carbons (Fsp3) is 0.429. The van der Waals surface area contributed by atoms with Crippen molar-refractivity contribution in [2.24, 2.45) is 0 Å². The van der Waals surface area contributed by atoms with E-state index >= 15 is 0 Å². The highest BCUT2D eigenvalue weighted by atomic mass is 14.9. The van der Waals surface area contributed by atoms with Gasteiger partial charge in [-0.25, -0.2) is 4.98 Å². The van der Waals surface area contributed by atoms with E-state index in [-0.39, 0.29) is 0 Å². The molecule has 1 aromatic heterocycles. The van der Waals surface area contributed by atoms with Gasteiger partial charge >= 0.3 is 0 Å². The minimum Gasteiger partial charge on any atom is -0.349 e. The lowest BCUT2D eigenvalue weighted by atomic mass is 10.3. The van der Waals surface area contributed by atoms with Crippen LogP contribution in [-0.4, -0.2) is 16.5 Å².